The molecule has 0 saturated carbocycles. The molecule has 0 aliphatic carbocycles. The highest BCUT2D eigenvalue weighted by Gasteiger charge is 2.20. The molecule has 0 bridgehead atoms. The molecular formula is C23H15N5O. The average Bonchev–Trinajstić information content (AvgIpc) is 3.04. The van der Waals surface area contributed by atoms with Gasteiger partial charge in [-0.25, -0.2) is 9.97 Å². The fraction of sp³-hybridized carbons (Fsp3) is 0.0435. The number of para-hydroxylation sites is 2. The zero-order valence-electron chi connectivity index (χ0n) is 15.5. The second-order valence-corrected chi connectivity index (χ2v) is 7.01. The number of hydrogen-bond acceptors (Lipinski definition) is 5. The summed E-state index contributed by atoms with van der Waals surface area (Å²) in [5.41, 5.74) is 4.44. The minimum absolute atomic E-state index is 0.0432. The maximum absolute atomic E-state index is 8.41. The fourth-order valence-electron chi connectivity index (χ4n) is 3.88. The molecule has 6 nitrogen and oxygen atoms in total. The molecule has 6 rings (SSSR count). The molecule has 6 heteroatoms. The van der Waals surface area contributed by atoms with Crippen molar-refractivity contribution in [3.8, 4) is 5.69 Å². The lowest BCUT2D eigenvalue weighted by Crippen LogP contribution is -2.04. The van der Waals surface area contributed by atoms with Gasteiger partial charge in [-0.05, 0) is 35.0 Å². The fourth-order valence-corrected chi connectivity index (χ4v) is 3.88. The van der Waals surface area contributed by atoms with E-state index in [9.17, 15) is 0 Å². The van der Waals surface area contributed by atoms with Gasteiger partial charge in [-0.15, -0.1) is 0 Å². The smallest absolute Gasteiger partial charge is 0.227 e. The molecule has 0 saturated heterocycles. The first-order valence-corrected chi connectivity index (χ1v) is 9.31. The zero-order chi connectivity index (χ0) is 19.5. The van der Waals surface area contributed by atoms with Crippen molar-refractivity contribution in [1.82, 2.24) is 19.5 Å². The summed E-state index contributed by atoms with van der Waals surface area (Å²) in [5, 5.41) is 11.3. The Hall–Kier alpha value is -4.06. The third kappa shape index (κ3) is 2.29. The summed E-state index contributed by atoms with van der Waals surface area (Å²) in [4.78, 5) is 14.3. The van der Waals surface area contributed by atoms with Crippen LogP contribution >= 0.6 is 0 Å². The molecule has 1 N–H and O–H groups in total. The number of aromatic nitrogens is 4. The van der Waals surface area contributed by atoms with Crippen molar-refractivity contribution in [3.05, 3.63) is 78.2 Å². The molecule has 0 spiro atoms. The Kier molecular flexibility index (Phi) is 3.14. The summed E-state index contributed by atoms with van der Waals surface area (Å²) in [6, 6.07) is 22.2. The van der Waals surface area contributed by atoms with E-state index in [2.05, 4.69) is 29.2 Å². The van der Waals surface area contributed by atoms with Crippen molar-refractivity contribution in [2.45, 2.75) is 6.92 Å². The molecule has 0 amide bonds. The van der Waals surface area contributed by atoms with E-state index in [0.29, 0.717) is 28.1 Å². The Morgan fingerprint density at radius 2 is 1.52 bits per heavy atom. The van der Waals surface area contributed by atoms with Crippen LogP contribution in [0.1, 0.15) is 5.89 Å². The summed E-state index contributed by atoms with van der Waals surface area (Å²) in [6.07, 6.45) is 0. The second kappa shape index (κ2) is 5.72. The van der Waals surface area contributed by atoms with Crippen LogP contribution in [0.3, 0.4) is 0 Å². The normalized spacial score (nSPS) is 11.8. The van der Waals surface area contributed by atoms with E-state index in [4.69, 9.17) is 19.8 Å². The quantitative estimate of drug-likeness (QED) is 0.452. The minimum atomic E-state index is 0.0432. The van der Waals surface area contributed by atoms with Crippen LogP contribution in [-0.2, 0) is 0 Å². The van der Waals surface area contributed by atoms with Gasteiger partial charge in [-0.3, -0.25) is 9.98 Å². The van der Waals surface area contributed by atoms with Gasteiger partial charge in [0.05, 0.1) is 11.0 Å². The maximum Gasteiger partial charge on any atom is 0.227 e. The summed E-state index contributed by atoms with van der Waals surface area (Å²) in [7, 11) is 0. The maximum atomic E-state index is 8.41. The van der Waals surface area contributed by atoms with E-state index < -0.39 is 0 Å². The minimum Gasteiger partial charge on any atom is -0.425 e. The van der Waals surface area contributed by atoms with Crippen LogP contribution in [0, 0.1) is 12.3 Å². The highest BCUT2D eigenvalue weighted by atomic mass is 16.3. The summed E-state index contributed by atoms with van der Waals surface area (Å²) < 4.78 is 7.47. The summed E-state index contributed by atoms with van der Waals surface area (Å²) in [6.45, 7) is 1.75. The number of aryl methyl sites for hydroxylation is 1. The third-order valence-electron chi connectivity index (χ3n) is 5.17. The van der Waals surface area contributed by atoms with Crippen molar-refractivity contribution in [2.24, 2.45) is 0 Å². The van der Waals surface area contributed by atoms with E-state index >= 15 is 0 Å². The Bertz CT molecular complexity index is 1640. The van der Waals surface area contributed by atoms with Crippen LogP contribution in [-0.4, -0.2) is 19.5 Å². The van der Waals surface area contributed by atoms with E-state index in [0.717, 1.165) is 27.5 Å². The van der Waals surface area contributed by atoms with Gasteiger partial charge in [0.1, 0.15) is 10.9 Å². The molecule has 0 atom stereocenters. The molecule has 0 fully saturated rings. The molecule has 0 aliphatic rings. The van der Waals surface area contributed by atoms with Crippen molar-refractivity contribution in [1.29, 1.82) is 5.41 Å². The van der Waals surface area contributed by atoms with Gasteiger partial charge in [0.15, 0.2) is 17.2 Å². The monoisotopic (exact) mass is 377 g/mol. The molecule has 3 aromatic heterocycles. The molecule has 138 valence electrons. The Balaban J connectivity index is 1.83. The van der Waals surface area contributed by atoms with E-state index in [-0.39, 0.29) is 5.55 Å². The zero-order valence-corrected chi connectivity index (χ0v) is 15.5. The molecule has 3 heterocycles. The van der Waals surface area contributed by atoms with Crippen LogP contribution in [0.25, 0.3) is 49.7 Å². The van der Waals surface area contributed by atoms with E-state index in [1.165, 1.54) is 0 Å². The largest absolute Gasteiger partial charge is 0.425 e. The summed E-state index contributed by atoms with van der Waals surface area (Å²) in [5.74, 6) is 0.428. The van der Waals surface area contributed by atoms with E-state index in [1.807, 2.05) is 47.0 Å². The Morgan fingerprint density at radius 1 is 0.793 bits per heavy atom. The van der Waals surface area contributed by atoms with Gasteiger partial charge in [0.25, 0.3) is 0 Å². The van der Waals surface area contributed by atoms with Gasteiger partial charge < -0.3 is 4.42 Å². The first kappa shape index (κ1) is 15.9. The van der Waals surface area contributed by atoms with Crippen LogP contribution in [0.4, 0.5) is 0 Å². The number of nitrogens with one attached hydrogen (secondary N) is 1. The molecule has 0 unspecified atom stereocenters. The number of hydrogen-bond donors (Lipinski definition) is 1. The van der Waals surface area contributed by atoms with Gasteiger partial charge in [0, 0.05) is 12.6 Å². The molecule has 0 radical (unpaired) electrons. The lowest BCUT2D eigenvalue weighted by atomic mass is 10.1. The third-order valence-corrected chi connectivity index (χ3v) is 5.17. The predicted octanol–water partition coefficient (Wildman–Crippen LogP) is 4.66. The molecule has 6 aromatic rings. The van der Waals surface area contributed by atoms with Crippen LogP contribution < -0.4 is 5.55 Å². The first-order valence-electron chi connectivity index (χ1n) is 9.31. The predicted molar refractivity (Wildman–Crippen MR) is 112 cm³/mol. The molecule has 3 aromatic carbocycles. The number of rotatable bonds is 1. The number of fused-ring (bicyclic) bond motifs is 5. The number of nitrogens with zero attached hydrogens (tertiary/aromatic N) is 4. The van der Waals surface area contributed by atoms with Crippen molar-refractivity contribution in [2.75, 3.05) is 0 Å². The van der Waals surface area contributed by atoms with Crippen LogP contribution in [0.15, 0.2) is 71.1 Å². The highest BCUT2D eigenvalue weighted by molar-refractivity contribution is 6.05. The standard InChI is InChI=1S/C23H15N5O/c1-13-25-22-19(21(24)29-13)20-23(27-18-9-5-4-8-17(18)26-20)28(22)16-11-10-14-6-2-3-7-15(14)12-16/h2-12,24H,1H3. The van der Waals surface area contributed by atoms with Crippen molar-refractivity contribution in [3.63, 3.8) is 0 Å². The lowest BCUT2D eigenvalue weighted by molar-refractivity contribution is 0.447. The topological polar surface area (TPSA) is 80.6 Å². The average molecular weight is 377 g/mol. The van der Waals surface area contributed by atoms with Gasteiger partial charge in [-0.1, -0.05) is 42.5 Å². The van der Waals surface area contributed by atoms with Crippen molar-refractivity contribution >= 4 is 44.0 Å². The molecule has 0 aliphatic heterocycles. The van der Waals surface area contributed by atoms with Crippen molar-refractivity contribution < 1.29 is 4.42 Å². The van der Waals surface area contributed by atoms with Crippen LogP contribution in [0.5, 0.6) is 0 Å². The SMILES string of the molecule is Cc1nc2c(c(=N)o1)c1nc3ccccc3nc1n2-c1ccc2ccccc2c1. The van der Waals surface area contributed by atoms with Gasteiger partial charge in [0.2, 0.25) is 5.55 Å². The Labute approximate surface area is 164 Å². The van der Waals surface area contributed by atoms with Crippen LogP contribution in [0.2, 0.25) is 0 Å². The number of benzene rings is 3. The van der Waals surface area contributed by atoms with Gasteiger partial charge >= 0.3 is 0 Å². The highest BCUT2D eigenvalue weighted by Crippen LogP contribution is 2.29. The molecule has 29 heavy (non-hydrogen) atoms. The first-order chi connectivity index (χ1) is 14.2. The Morgan fingerprint density at radius 3 is 2.34 bits per heavy atom. The molecular weight excluding hydrogens is 362 g/mol. The lowest BCUT2D eigenvalue weighted by Gasteiger charge is -2.08. The van der Waals surface area contributed by atoms with E-state index in [1.54, 1.807) is 6.92 Å². The second-order valence-electron chi connectivity index (χ2n) is 7.01. The van der Waals surface area contributed by atoms with Gasteiger partial charge in [-0.2, -0.15) is 4.98 Å². The summed E-state index contributed by atoms with van der Waals surface area (Å²) >= 11 is 0.